The molecule has 1 aliphatic rings. The normalized spacial score (nSPS) is 20.9. The van der Waals surface area contributed by atoms with Gasteiger partial charge in [-0.1, -0.05) is 35.9 Å². The van der Waals surface area contributed by atoms with E-state index in [9.17, 15) is 4.79 Å². The molecule has 0 bridgehead atoms. The van der Waals surface area contributed by atoms with Crippen molar-refractivity contribution in [3.05, 3.63) is 47.5 Å². The number of allylic oxidation sites excluding steroid dienone is 1. The third-order valence-corrected chi connectivity index (χ3v) is 3.70. The molecule has 1 fully saturated rings. The average Bonchev–Trinajstić information content (AvgIpc) is 2.33. The highest BCUT2D eigenvalue weighted by Crippen LogP contribution is 2.32. The molecule has 0 spiro atoms. The maximum atomic E-state index is 10.7. The van der Waals surface area contributed by atoms with Crippen molar-refractivity contribution in [1.29, 1.82) is 0 Å². The van der Waals surface area contributed by atoms with Crippen LogP contribution in [0.3, 0.4) is 0 Å². The molecule has 1 aromatic carbocycles. The van der Waals surface area contributed by atoms with Crippen LogP contribution in [0.5, 0.6) is 0 Å². The lowest BCUT2D eigenvalue weighted by Gasteiger charge is -2.21. The van der Waals surface area contributed by atoms with Crippen molar-refractivity contribution >= 4 is 5.97 Å². The smallest absolute Gasteiger partial charge is 0.328 e. The lowest BCUT2D eigenvalue weighted by atomic mass is 9.84. The molecular formula is C16H20O2. The first-order valence-electron chi connectivity index (χ1n) is 6.73. The molecule has 0 unspecified atom stereocenters. The molecular weight excluding hydrogens is 224 g/mol. The number of carbonyl (C=O) groups is 1. The fraction of sp³-hybridized carbons (Fsp3) is 0.438. The zero-order chi connectivity index (χ0) is 12.8. The van der Waals surface area contributed by atoms with Crippen molar-refractivity contribution in [1.82, 2.24) is 0 Å². The minimum absolute atomic E-state index is 0.651. The topological polar surface area (TPSA) is 37.3 Å². The SMILES string of the molecule is O=C(O)C=C1CCCC(c2ccccc2)CCC1. The van der Waals surface area contributed by atoms with Crippen LogP contribution in [0.4, 0.5) is 0 Å². The maximum Gasteiger partial charge on any atom is 0.328 e. The van der Waals surface area contributed by atoms with Crippen LogP contribution in [-0.4, -0.2) is 11.1 Å². The molecule has 1 aliphatic carbocycles. The third-order valence-electron chi connectivity index (χ3n) is 3.70. The van der Waals surface area contributed by atoms with Crippen molar-refractivity contribution in [2.45, 2.75) is 44.4 Å². The predicted octanol–water partition coefficient (Wildman–Crippen LogP) is 4.14. The summed E-state index contributed by atoms with van der Waals surface area (Å²) in [5, 5.41) is 8.78. The molecule has 2 heteroatoms. The number of rotatable bonds is 2. The summed E-state index contributed by atoms with van der Waals surface area (Å²) >= 11 is 0. The number of benzene rings is 1. The van der Waals surface area contributed by atoms with Gasteiger partial charge in [0.15, 0.2) is 0 Å². The van der Waals surface area contributed by atoms with Crippen LogP contribution >= 0.6 is 0 Å². The van der Waals surface area contributed by atoms with E-state index in [4.69, 9.17) is 5.11 Å². The minimum atomic E-state index is -0.801. The standard InChI is InChI=1S/C16H20O2/c17-16(18)12-13-6-4-10-15(11-5-7-13)14-8-2-1-3-9-14/h1-3,8-9,12,15H,4-7,10-11H2,(H,17,18). The number of aliphatic carboxylic acids is 1. The van der Waals surface area contributed by atoms with Crippen molar-refractivity contribution in [2.75, 3.05) is 0 Å². The zero-order valence-electron chi connectivity index (χ0n) is 10.6. The predicted molar refractivity (Wildman–Crippen MR) is 72.6 cm³/mol. The fourth-order valence-electron chi connectivity index (χ4n) is 2.80. The van der Waals surface area contributed by atoms with E-state index in [1.165, 1.54) is 24.5 Å². The Morgan fingerprint density at radius 3 is 2.28 bits per heavy atom. The Hall–Kier alpha value is -1.57. The van der Waals surface area contributed by atoms with Crippen LogP contribution < -0.4 is 0 Å². The lowest BCUT2D eigenvalue weighted by molar-refractivity contribution is -0.131. The van der Waals surface area contributed by atoms with Gasteiger partial charge in [-0.15, -0.1) is 0 Å². The Balaban J connectivity index is 1.96. The molecule has 1 saturated carbocycles. The molecule has 0 aliphatic heterocycles. The van der Waals surface area contributed by atoms with Crippen LogP contribution in [0, 0.1) is 0 Å². The van der Waals surface area contributed by atoms with Crippen LogP contribution in [0.25, 0.3) is 0 Å². The lowest BCUT2D eigenvalue weighted by Crippen LogP contribution is -2.04. The van der Waals surface area contributed by atoms with Crippen LogP contribution in [0.15, 0.2) is 42.0 Å². The van der Waals surface area contributed by atoms with E-state index in [-0.39, 0.29) is 0 Å². The molecule has 2 rings (SSSR count). The molecule has 18 heavy (non-hydrogen) atoms. The molecule has 2 nitrogen and oxygen atoms in total. The first-order chi connectivity index (χ1) is 8.75. The van der Waals surface area contributed by atoms with Gasteiger partial charge in [-0.05, 0) is 50.0 Å². The number of hydrogen-bond acceptors (Lipinski definition) is 1. The Morgan fingerprint density at radius 1 is 1.11 bits per heavy atom. The number of carboxylic acid groups (broad SMARTS) is 1. The Morgan fingerprint density at radius 2 is 1.72 bits per heavy atom. The summed E-state index contributed by atoms with van der Waals surface area (Å²) in [6.45, 7) is 0. The van der Waals surface area contributed by atoms with Crippen LogP contribution in [-0.2, 0) is 4.79 Å². The van der Waals surface area contributed by atoms with Gasteiger partial charge in [0.05, 0.1) is 0 Å². The second kappa shape index (κ2) is 6.39. The van der Waals surface area contributed by atoms with Gasteiger partial charge in [0, 0.05) is 6.08 Å². The van der Waals surface area contributed by atoms with Crippen molar-refractivity contribution in [3.8, 4) is 0 Å². The minimum Gasteiger partial charge on any atom is -0.478 e. The Labute approximate surface area is 108 Å². The van der Waals surface area contributed by atoms with E-state index in [0.717, 1.165) is 31.3 Å². The summed E-state index contributed by atoms with van der Waals surface area (Å²) in [5.74, 6) is -0.150. The zero-order valence-corrected chi connectivity index (χ0v) is 10.6. The molecule has 0 atom stereocenters. The van der Waals surface area contributed by atoms with Gasteiger partial charge < -0.3 is 5.11 Å². The van der Waals surface area contributed by atoms with Crippen molar-refractivity contribution in [3.63, 3.8) is 0 Å². The first-order valence-corrected chi connectivity index (χ1v) is 6.73. The summed E-state index contributed by atoms with van der Waals surface area (Å²) in [6.07, 6.45) is 7.81. The monoisotopic (exact) mass is 244 g/mol. The number of hydrogen-bond donors (Lipinski definition) is 1. The van der Waals surface area contributed by atoms with Gasteiger partial charge in [0.2, 0.25) is 0 Å². The third kappa shape index (κ3) is 3.73. The van der Waals surface area contributed by atoms with Crippen LogP contribution in [0.1, 0.15) is 50.0 Å². The largest absolute Gasteiger partial charge is 0.478 e. The maximum absolute atomic E-state index is 10.7. The van der Waals surface area contributed by atoms with Gasteiger partial charge in [-0.25, -0.2) is 4.79 Å². The quantitative estimate of drug-likeness (QED) is 0.794. The van der Waals surface area contributed by atoms with Gasteiger partial charge in [0.25, 0.3) is 0 Å². The summed E-state index contributed by atoms with van der Waals surface area (Å²) < 4.78 is 0. The van der Waals surface area contributed by atoms with Gasteiger partial charge in [-0.2, -0.15) is 0 Å². The summed E-state index contributed by atoms with van der Waals surface area (Å²) in [6, 6.07) is 10.7. The number of carboxylic acids is 1. The van der Waals surface area contributed by atoms with E-state index < -0.39 is 5.97 Å². The Bertz CT molecular complexity index is 408. The highest BCUT2D eigenvalue weighted by atomic mass is 16.4. The summed E-state index contributed by atoms with van der Waals surface area (Å²) in [5.41, 5.74) is 2.54. The summed E-state index contributed by atoms with van der Waals surface area (Å²) in [7, 11) is 0. The van der Waals surface area contributed by atoms with Crippen molar-refractivity contribution in [2.24, 2.45) is 0 Å². The molecule has 0 radical (unpaired) electrons. The van der Waals surface area contributed by atoms with Crippen molar-refractivity contribution < 1.29 is 9.90 Å². The second-order valence-corrected chi connectivity index (χ2v) is 5.03. The van der Waals surface area contributed by atoms with E-state index in [1.54, 1.807) is 0 Å². The highest BCUT2D eigenvalue weighted by Gasteiger charge is 2.15. The highest BCUT2D eigenvalue weighted by molar-refractivity contribution is 5.80. The van der Waals surface area contributed by atoms with E-state index >= 15 is 0 Å². The van der Waals surface area contributed by atoms with Gasteiger partial charge in [0.1, 0.15) is 0 Å². The molecule has 96 valence electrons. The Kier molecular flexibility index (Phi) is 4.57. The van der Waals surface area contributed by atoms with Gasteiger partial charge in [-0.3, -0.25) is 0 Å². The summed E-state index contributed by atoms with van der Waals surface area (Å²) in [4.78, 5) is 10.7. The van der Waals surface area contributed by atoms with E-state index in [0.29, 0.717) is 5.92 Å². The van der Waals surface area contributed by atoms with E-state index in [2.05, 4.69) is 30.3 Å². The molecule has 0 amide bonds. The molecule has 1 N–H and O–H groups in total. The molecule has 0 aromatic heterocycles. The molecule has 0 saturated heterocycles. The molecule has 1 aromatic rings. The molecule has 0 heterocycles. The van der Waals surface area contributed by atoms with E-state index in [1.807, 2.05) is 0 Å². The average molecular weight is 244 g/mol. The second-order valence-electron chi connectivity index (χ2n) is 5.03. The first kappa shape index (κ1) is 12.9. The van der Waals surface area contributed by atoms with Crippen LogP contribution in [0.2, 0.25) is 0 Å². The van der Waals surface area contributed by atoms with Gasteiger partial charge >= 0.3 is 5.97 Å². The fourth-order valence-corrected chi connectivity index (χ4v) is 2.80.